The summed E-state index contributed by atoms with van der Waals surface area (Å²) < 4.78 is 13.5. The minimum Gasteiger partial charge on any atom is -0.493 e. The lowest BCUT2D eigenvalue weighted by Gasteiger charge is -2.31. The first-order chi connectivity index (χ1) is 15.5. The third-order valence-electron chi connectivity index (χ3n) is 5.93. The van der Waals surface area contributed by atoms with Gasteiger partial charge in [-0.1, -0.05) is 17.7 Å². The number of rotatable bonds is 6. The van der Waals surface area contributed by atoms with Crippen molar-refractivity contribution >= 4 is 28.9 Å². The van der Waals surface area contributed by atoms with Gasteiger partial charge in [0.25, 0.3) is 5.56 Å². The zero-order valence-electron chi connectivity index (χ0n) is 17.9. The molecule has 3 aromatic rings. The van der Waals surface area contributed by atoms with Gasteiger partial charge < -0.3 is 14.4 Å². The Labute approximate surface area is 189 Å². The molecule has 9 heteroatoms. The standard InChI is InChI=1S/C23H24ClN3O5/c1-31-20-6-3-15(11-21(20)32-2)13-26-22(29)18-5-4-16(24)12-19(18)27(23(26)30)17-7-9-25(14-28)10-8-17/h3-6,11-12,14,17H,7-10,13H2,1-2H3. The van der Waals surface area contributed by atoms with Crippen molar-refractivity contribution in [1.82, 2.24) is 14.0 Å². The monoisotopic (exact) mass is 457 g/mol. The molecule has 0 aliphatic carbocycles. The number of likely N-dealkylation sites (tertiary alicyclic amines) is 1. The molecule has 2 aromatic carbocycles. The van der Waals surface area contributed by atoms with Crippen LogP contribution in [0.25, 0.3) is 10.9 Å². The topological polar surface area (TPSA) is 82.8 Å². The van der Waals surface area contributed by atoms with Crippen LogP contribution in [0.15, 0.2) is 46.0 Å². The van der Waals surface area contributed by atoms with Gasteiger partial charge in [-0.05, 0) is 48.7 Å². The summed E-state index contributed by atoms with van der Waals surface area (Å²) in [5.41, 5.74) is 0.472. The summed E-state index contributed by atoms with van der Waals surface area (Å²) in [5.74, 6) is 1.09. The number of ether oxygens (including phenoxy) is 2. The Balaban J connectivity index is 1.85. The third-order valence-corrected chi connectivity index (χ3v) is 6.17. The molecule has 0 bridgehead atoms. The van der Waals surface area contributed by atoms with Gasteiger partial charge in [-0.15, -0.1) is 0 Å². The molecular weight excluding hydrogens is 434 g/mol. The molecule has 4 rings (SSSR count). The van der Waals surface area contributed by atoms with E-state index >= 15 is 0 Å². The molecule has 0 N–H and O–H groups in total. The van der Waals surface area contributed by atoms with Crippen molar-refractivity contribution in [2.75, 3.05) is 27.3 Å². The number of methoxy groups -OCH3 is 2. The molecule has 1 saturated heterocycles. The van der Waals surface area contributed by atoms with Crippen LogP contribution in [0.4, 0.5) is 0 Å². The van der Waals surface area contributed by atoms with Crippen molar-refractivity contribution in [2.24, 2.45) is 0 Å². The van der Waals surface area contributed by atoms with E-state index in [-0.39, 0.29) is 18.1 Å². The molecule has 0 spiro atoms. The van der Waals surface area contributed by atoms with E-state index in [1.807, 2.05) is 0 Å². The van der Waals surface area contributed by atoms with Crippen molar-refractivity contribution in [1.29, 1.82) is 0 Å². The van der Waals surface area contributed by atoms with Crippen molar-refractivity contribution in [3.8, 4) is 11.5 Å². The Hall–Kier alpha value is -3.26. The Kier molecular flexibility index (Phi) is 6.23. The summed E-state index contributed by atoms with van der Waals surface area (Å²) in [6.45, 7) is 1.19. The highest BCUT2D eigenvalue weighted by molar-refractivity contribution is 6.31. The van der Waals surface area contributed by atoms with Gasteiger partial charge in [-0.3, -0.25) is 18.7 Å². The SMILES string of the molecule is COc1ccc(Cn2c(=O)c3ccc(Cl)cc3n(C3CCN(C=O)CC3)c2=O)cc1OC. The second kappa shape index (κ2) is 9.08. The summed E-state index contributed by atoms with van der Waals surface area (Å²) in [4.78, 5) is 39.7. The molecule has 168 valence electrons. The molecule has 0 atom stereocenters. The van der Waals surface area contributed by atoms with Gasteiger partial charge in [-0.25, -0.2) is 4.79 Å². The fraction of sp³-hybridized carbons (Fsp3) is 0.348. The van der Waals surface area contributed by atoms with Gasteiger partial charge in [0.2, 0.25) is 6.41 Å². The highest BCUT2D eigenvalue weighted by atomic mass is 35.5. The molecule has 8 nitrogen and oxygen atoms in total. The van der Waals surface area contributed by atoms with Crippen molar-refractivity contribution in [3.63, 3.8) is 0 Å². The molecule has 0 radical (unpaired) electrons. The van der Waals surface area contributed by atoms with Crippen molar-refractivity contribution < 1.29 is 14.3 Å². The average molecular weight is 458 g/mol. The Bertz CT molecular complexity index is 1280. The lowest BCUT2D eigenvalue weighted by Crippen LogP contribution is -2.44. The Morgan fingerprint density at radius 2 is 1.75 bits per heavy atom. The van der Waals surface area contributed by atoms with E-state index in [4.69, 9.17) is 21.1 Å². The minimum atomic E-state index is -0.399. The smallest absolute Gasteiger partial charge is 0.332 e. The quantitative estimate of drug-likeness (QED) is 0.531. The zero-order valence-corrected chi connectivity index (χ0v) is 18.7. The van der Waals surface area contributed by atoms with Crippen LogP contribution in [0.1, 0.15) is 24.4 Å². The predicted octanol–water partition coefficient (Wildman–Crippen LogP) is 2.68. The highest BCUT2D eigenvalue weighted by Gasteiger charge is 2.24. The van der Waals surface area contributed by atoms with E-state index in [2.05, 4.69) is 0 Å². The summed E-state index contributed by atoms with van der Waals surface area (Å²) in [6, 6.07) is 10.1. The maximum Gasteiger partial charge on any atom is 0.332 e. The fourth-order valence-electron chi connectivity index (χ4n) is 4.25. The fourth-order valence-corrected chi connectivity index (χ4v) is 4.42. The maximum atomic E-state index is 13.6. The van der Waals surface area contributed by atoms with Gasteiger partial charge >= 0.3 is 5.69 Å². The average Bonchev–Trinajstić information content (AvgIpc) is 2.82. The second-order valence-corrected chi connectivity index (χ2v) is 8.20. The number of nitrogens with zero attached hydrogens (tertiary/aromatic N) is 3. The Morgan fingerprint density at radius 3 is 2.41 bits per heavy atom. The van der Waals surface area contributed by atoms with Gasteiger partial charge in [-0.2, -0.15) is 0 Å². The summed E-state index contributed by atoms with van der Waals surface area (Å²) >= 11 is 6.21. The molecule has 1 aromatic heterocycles. The van der Waals surface area contributed by atoms with Crippen LogP contribution >= 0.6 is 11.6 Å². The number of hydrogen-bond acceptors (Lipinski definition) is 5. The molecule has 1 aliphatic heterocycles. The summed E-state index contributed by atoms with van der Waals surface area (Å²) in [7, 11) is 3.08. The first-order valence-electron chi connectivity index (χ1n) is 10.3. The van der Waals surface area contributed by atoms with Gasteiger partial charge in [0.05, 0.1) is 31.7 Å². The number of halogens is 1. The normalized spacial score (nSPS) is 14.5. The number of fused-ring (bicyclic) bond motifs is 1. The number of piperidine rings is 1. The van der Waals surface area contributed by atoms with Crippen LogP contribution in [0.2, 0.25) is 5.02 Å². The van der Waals surface area contributed by atoms with Crippen molar-refractivity contribution in [2.45, 2.75) is 25.4 Å². The van der Waals surface area contributed by atoms with Crippen LogP contribution in [0, 0.1) is 0 Å². The molecule has 2 heterocycles. The lowest BCUT2D eigenvalue weighted by molar-refractivity contribution is -0.119. The Morgan fingerprint density at radius 1 is 1.03 bits per heavy atom. The van der Waals surface area contributed by atoms with Crippen molar-refractivity contribution in [3.05, 3.63) is 67.8 Å². The first kappa shape index (κ1) is 22.0. The van der Waals surface area contributed by atoms with E-state index in [1.54, 1.807) is 53.0 Å². The maximum absolute atomic E-state index is 13.6. The first-order valence-corrected chi connectivity index (χ1v) is 10.7. The molecular formula is C23H24ClN3O5. The molecule has 0 unspecified atom stereocenters. The summed E-state index contributed by atoms with van der Waals surface area (Å²) in [6.07, 6.45) is 2.07. The zero-order chi connectivity index (χ0) is 22.8. The second-order valence-electron chi connectivity index (χ2n) is 7.77. The highest BCUT2D eigenvalue weighted by Crippen LogP contribution is 2.28. The number of benzene rings is 2. The molecule has 0 saturated carbocycles. The number of carbonyl (C=O) groups excluding carboxylic acids is 1. The van der Waals surface area contributed by atoms with Crippen LogP contribution in [-0.2, 0) is 11.3 Å². The van der Waals surface area contributed by atoms with Crippen LogP contribution in [-0.4, -0.2) is 47.8 Å². The lowest BCUT2D eigenvalue weighted by atomic mass is 10.0. The van der Waals surface area contributed by atoms with E-state index in [0.717, 1.165) is 12.0 Å². The molecule has 32 heavy (non-hydrogen) atoms. The molecule has 1 aliphatic rings. The van der Waals surface area contributed by atoms with Gasteiger partial charge in [0.1, 0.15) is 0 Å². The predicted molar refractivity (Wildman–Crippen MR) is 122 cm³/mol. The minimum absolute atomic E-state index is 0.0871. The van der Waals surface area contributed by atoms with E-state index in [9.17, 15) is 14.4 Å². The number of aromatic nitrogens is 2. The van der Waals surface area contributed by atoms with Gasteiger partial charge in [0.15, 0.2) is 11.5 Å². The number of amides is 1. The van der Waals surface area contributed by atoms with E-state index in [0.29, 0.717) is 53.4 Å². The van der Waals surface area contributed by atoms with Crippen LogP contribution in [0.5, 0.6) is 11.5 Å². The van der Waals surface area contributed by atoms with Crippen LogP contribution in [0.3, 0.4) is 0 Å². The van der Waals surface area contributed by atoms with Crippen LogP contribution < -0.4 is 20.7 Å². The molecule has 1 fully saturated rings. The largest absolute Gasteiger partial charge is 0.493 e. The summed E-state index contributed by atoms with van der Waals surface area (Å²) in [5, 5.41) is 0.875. The third kappa shape index (κ3) is 3.98. The van der Waals surface area contributed by atoms with Gasteiger partial charge in [0, 0.05) is 24.2 Å². The van der Waals surface area contributed by atoms with E-state index in [1.165, 1.54) is 11.7 Å². The molecule has 1 amide bonds. The number of carbonyl (C=O) groups is 1. The van der Waals surface area contributed by atoms with E-state index < -0.39 is 5.69 Å². The number of hydrogen-bond donors (Lipinski definition) is 0.